The number of carbonyl (C=O) groups excluding carboxylic acids is 5. The molecule has 0 aliphatic carbocycles. The largest absolute Gasteiger partial charge is 1.00 e. The normalized spacial score (nSPS) is 11.7. The summed E-state index contributed by atoms with van der Waals surface area (Å²) in [7, 11) is 6.77. The van der Waals surface area contributed by atoms with Crippen molar-refractivity contribution in [2.45, 2.75) is 272 Å². The topological polar surface area (TPSA) is 406 Å². The van der Waals surface area contributed by atoms with E-state index in [0.29, 0.717) is 37.9 Å². The van der Waals surface area contributed by atoms with Gasteiger partial charge in [-0.25, -0.2) is 24.2 Å². The minimum absolute atomic E-state index is 0. The van der Waals surface area contributed by atoms with Gasteiger partial charge in [-0.05, 0) is 293 Å². The number of aliphatic hydroxyl groups excluding tert-OH is 1. The van der Waals surface area contributed by atoms with Crippen molar-refractivity contribution in [1.82, 2.24) is 42.9 Å². The molecule has 1 aliphatic heterocycles. The summed E-state index contributed by atoms with van der Waals surface area (Å²) in [5, 5.41) is 27.5. The van der Waals surface area contributed by atoms with Crippen molar-refractivity contribution in [1.29, 1.82) is 0 Å². The average molecular weight is 2260 g/mol. The number of benzene rings is 6. The number of hydrogen-bond donors (Lipinski definition) is 6. The first kappa shape index (κ1) is 137. The standard InChI is InChI=1S/C20H22N2O3.C19H28N2.C18H18N2O4.C15H19NO.C11H12BrN.C8H6BrN.C7H13BrO2.C7H10O4.C6H13NO2.C4H11N.2CH4.Li.2H2O/c1-4-9-22-10-8-14-11-15(6-7-17(14)22)18-13(5-2)12-16(19(23)21-18)20(24)25-3;1-6-8-17(20-19(3,4)5)15-9-10-18-16(14-15)11-13-21(18)12-7-2;1-2-11-10-14(18(23)24)17(22)19-16(11)13-3-4-15-12(9-13)5-6-20(15)7-8-21;1-3-5-15(17)13-6-7-14-12(11-13)8-10-16(14)9-4-2;1-2-6-13-7-5-9-8-10(12)3-4-11(9)13;9-7-1-2-8-6(5-7)3-4-10-8;8-4-6-10-7-3-1-2-5-9-7;1-4-5(6(8)10-2)7(9)11-3;1-4-5-6(8)7(2)9-3;1-4(2,3)5;;;;;/h6-8,10-12H,4-5,9H2,1-3H3,(H,21,23);9-11,13-14H,6-8,12H2,1-5H3;3-6,9-10,21H,2,7-8H2,1H3,(H,19,22)(H,23,24);6-8,10-11H,3-5,9H2,1-2H3;3-5,7-8H,2,6H2,1H3;1-5,10H;7H,1-6H2;4H,1-3H3;4-5H2,1-3H3;5H2,1-3H3;2*1H4;;2*1H2/q;;;;;;;;;;;;+1;;/p-2. The molecular formula is C117H162Br3LiN11O18-. The number of carboxylic acid groups (broad SMARTS) is 1. The van der Waals surface area contributed by atoms with Crippen LogP contribution >= 0.6 is 47.8 Å². The third kappa shape index (κ3) is 43.4. The number of allylic oxidation sites excluding steroid dienone is 1. The Kier molecular flexibility index (Phi) is 64.4. The number of aromatic amines is 3. The Morgan fingerprint density at radius 1 is 0.520 bits per heavy atom. The molecule has 14 aromatic rings. The number of hydroxylamine groups is 2. The number of pyridine rings is 2. The molecule has 0 saturated carbocycles. The Morgan fingerprint density at radius 3 is 1.32 bits per heavy atom. The Balaban J connectivity index is 0.000000853. The van der Waals surface area contributed by atoms with Gasteiger partial charge < -0.3 is 88.4 Å². The Labute approximate surface area is 923 Å². The van der Waals surface area contributed by atoms with Crippen molar-refractivity contribution >= 4 is 154 Å². The molecule has 1 unspecified atom stereocenters. The maximum atomic E-state index is 12.3. The second-order valence-corrected chi connectivity index (χ2v) is 39.1. The number of Topliss-reactive ketones (excluding diaryl/α,β-unsaturated/α-hetero) is 1. The van der Waals surface area contributed by atoms with Crippen LogP contribution in [0.15, 0.2) is 230 Å². The van der Waals surface area contributed by atoms with Crippen LogP contribution < -0.4 is 35.7 Å². The second-order valence-electron chi connectivity index (χ2n) is 36.5. The molecule has 29 nitrogen and oxygen atoms in total. The number of aliphatic hydroxyl groups is 1. The molecular weight excluding hydrogens is 2090 g/mol. The van der Waals surface area contributed by atoms with E-state index in [-0.39, 0.29) is 97.0 Å². The molecule has 6 aromatic carbocycles. The number of nitrogens with two attached hydrogens (primary N) is 1. The number of H-pyrrole nitrogens is 3. The number of carboxylic acids is 1. The number of esters is 3. The monoisotopic (exact) mass is 2250 g/mol. The number of aromatic carboxylic acids is 1. The molecule has 816 valence electrons. The number of aryl methyl sites for hydroxylation is 6. The quantitative estimate of drug-likeness (QED) is 0.00233. The van der Waals surface area contributed by atoms with Gasteiger partial charge in [-0.15, -0.1) is 0 Å². The van der Waals surface area contributed by atoms with Gasteiger partial charge in [-0.2, -0.15) is 0 Å². The number of fused-ring (bicyclic) bond motifs is 6. The van der Waals surface area contributed by atoms with Crippen LogP contribution in [0.5, 0.6) is 0 Å². The third-order valence-corrected chi connectivity index (χ3v) is 23.9. The van der Waals surface area contributed by atoms with E-state index in [1.54, 1.807) is 20.0 Å². The summed E-state index contributed by atoms with van der Waals surface area (Å²) < 4.78 is 37.3. The molecule has 0 radical (unpaired) electrons. The van der Waals surface area contributed by atoms with Crippen molar-refractivity contribution in [3.8, 4) is 22.5 Å². The van der Waals surface area contributed by atoms with E-state index in [1.807, 2.05) is 114 Å². The zero-order valence-corrected chi connectivity index (χ0v) is 95.2. The van der Waals surface area contributed by atoms with Gasteiger partial charge in [0.2, 0.25) is 5.91 Å². The van der Waals surface area contributed by atoms with Gasteiger partial charge in [0.15, 0.2) is 12.1 Å². The summed E-state index contributed by atoms with van der Waals surface area (Å²) in [4.78, 5) is 110. The van der Waals surface area contributed by atoms with Crippen LogP contribution in [0.1, 0.15) is 257 Å². The minimum atomic E-state index is -1.23. The van der Waals surface area contributed by atoms with E-state index in [2.05, 4.69) is 277 Å². The minimum Gasteiger partial charge on any atom is -0.870 e. The van der Waals surface area contributed by atoms with E-state index in [1.165, 1.54) is 125 Å². The number of aliphatic imine (C=N–C) groups is 1. The number of ether oxygens (including phenoxy) is 5. The molecule has 9 N–H and O–H groups in total. The van der Waals surface area contributed by atoms with Gasteiger partial charge in [0.05, 0.1) is 58.6 Å². The fourth-order valence-corrected chi connectivity index (χ4v) is 16.6. The first-order valence-electron chi connectivity index (χ1n) is 50.0. The summed E-state index contributed by atoms with van der Waals surface area (Å²) in [5.41, 5.74) is 19.4. The maximum Gasteiger partial charge on any atom is 1.00 e. The van der Waals surface area contributed by atoms with Crippen LogP contribution in [0.3, 0.4) is 0 Å². The number of methoxy groups -OCH3 is 3. The molecule has 1 atom stereocenters. The predicted molar refractivity (Wildman–Crippen MR) is 618 cm³/mol. The number of amides is 1. The van der Waals surface area contributed by atoms with Gasteiger partial charge in [0, 0.05) is 193 Å². The number of alkyl halides is 1. The number of hydrogen-bond acceptors (Lipinski definition) is 19. The zero-order chi connectivity index (χ0) is 107. The van der Waals surface area contributed by atoms with Crippen LogP contribution in [-0.2, 0) is 88.5 Å². The fourth-order valence-electron chi connectivity index (χ4n) is 15.7. The maximum absolute atomic E-state index is 12.3. The van der Waals surface area contributed by atoms with E-state index < -0.39 is 35.0 Å². The van der Waals surface area contributed by atoms with E-state index in [9.17, 15) is 38.4 Å². The second kappa shape index (κ2) is 70.7. The zero-order valence-electron chi connectivity index (χ0n) is 90.4. The number of nitrogens with zero attached hydrogens (tertiary/aromatic N) is 7. The van der Waals surface area contributed by atoms with Crippen LogP contribution in [0.4, 0.5) is 0 Å². The van der Waals surface area contributed by atoms with Crippen LogP contribution in [-0.4, -0.2) is 183 Å². The van der Waals surface area contributed by atoms with Crippen molar-refractivity contribution < 1.29 is 97.3 Å². The van der Waals surface area contributed by atoms with E-state index >= 15 is 0 Å². The molecule has 1 saturated heterocycles. The van der Waals surface area contributed by atoms with Crippen molar-refractivity contribution in [2.75, 3.05) is 60.6 Å². The van der Waals surface area contributed by atoms with Crippen molar-refractivity contribution in [2.24, 2.45) is 10.7 Å². The molecule has 0 spiro atoms. The summed E-state index contributed by atoms with van der Waals surface area (Å²) in [6.45, 7) is 39.2. The predicted octanol–water partition coefficient (Wildman–Crippen LogP) is 23.9. The first-order chi connectivity index (χ1) is 69.3. The van der Waals surface area contributed by atoms with E-state index in [4.69, 9.17) is 30.4 Å². The first-order valence-corrected chi connectivity index (χ1v) is 52.7. The number of halogens is 3. The summed E-state index contributed by atoms with van der Waals surface area (Å²) >= 11 is 10.2. The molecule has 8 aromatic heterocycles. The summed E-state index contributed by atoms with van der Waals surface area (Å²) in [6.07, 6.45) is 28.3. The number of rotatable bonds is 30. The Bertz CT molecular complexity index is 6630. The average Bonchev–Trinajstić information content (AvgIpc) is 1.30. The number of carbonyl (C=O) groups is 6. The van der Waals surface area contributed by atoms with Gasteiger partial charge in [-0.1, -0.05) is 156 Å². The van der Waals surface area contributed by atoms with Gasteiger partial charge >= 0.3 is 42.7 Å². The molecule has 150 heavy (non-hydrogen) atoms. The number of aromatic nitrogens is 8. The van der Waals surface area contributed by atoms with Gasteiger partial charge in [0.25, 0.3) is 11.1 Å². The van der Waals surface area contributed by atoms with Gasteiger partial charge in [-0.3, -0.25) is 29.0 Å². The molecule has 1 amide bonds. The third-order valence-electron chi connectivity index (χ3n) is 22.5. The SMILES string of the molecule is BrCCOC1CCCCO1.Brc1ccc2[nH]ccc2c1.C.C.CC(C)(C)N.CC=C(C(=O)OC)C(=O)OC.CCCC(=NC(C)(C)C)c1ccc2c(ccn2CCC)c1.CCCC(=O)N(C)OC.CCCC(=O)c1ccc2c(ccn2CCC)c1.CCCn1ccc2cc(-c3[nH]c(=O)c(C(=O)OC)cc3CC)ccc21.CCCn1ccc2cc(Br)ccc21.CCc1cc(C(=O)O)c(=O)[nH]c1-c1ccc2c(ccn2CCO)c1.[Li+].[OH-].[OH-]. The number of ketones is 1. The van der Waals surface area contributed by atoms with E-state index in [0.717, 1.165) is 155 Å². The van der Waals surface area contributed by atoms with Crippen LogP contribution in [0, 0.1) is 0 Å². The molecule has 15 rings (SSSR count). The Hall–Kier alpha value is -11.4. The van der Waals surface area contributed by atoms with Crippen molar-refractivity contribution in [3.63, 3.8) is 0 Å². The molecule has 1 aliphatic rings. The summed E-state index contributed by atoms with van der Waals surface area (Å²) in [5.74, 6) is -2.93. The Morgan fingerprint density at radius 2 is 0.927 bits per heavy atom. The molecule has 33 heteroatoms. The smallest absolute Gasteiger partial charge is 0.870 e. The van der Waals surface area contributed by atoms with Crippen LogP contribution in [0.2, 0.25) is 0 Å². The molecule has 0 bridgehead atoms. The summed E-state index contributed by atoms with van der Waals surface area (Å²) in [6, 6.07) is 52.9. The van der Waals surface area contributed by atoms with Gasteiger partial charge in [0.1, 0.15) is 16.7 Å². The number of nitrogens with one attached hydrogen (secondary N) is 3. The fraction of sp³-hybridized carbons (Fsp3) is 0.427. The van der Waals surface area contributed by atoms with Crippen LogP contribution in [0.25, 0.3) is 87.9 Å². The molecule has 1 fully saturated rings. The molecule has 9 heterocycles. The van der Waals surface area contributed by atoms with Crippen molar-refractivity contribution in [3.05, 3.63) is 270 Å².